The van der Waals surface area contributed by atoms with Crippen LogP contribution in [0.4, 0.5) is 0 Å². The Hall–Kier alpha value is -1.55. The van der Waals surface area contributed by atoms with Crippen LogP contribution >= 0.6 is 0 Å². The van der Waals surface area contributed by atoms with Crippen LogP contribution in [0.25, 0.3) is 5.52 Å². The van der Waals surface area contributed by atoms with E-state index in [1.54, 1.807) is 13.3 Å². The maximum absolute atomic E-state index is 8.78. The number of aryl methyl sites for hydroxylation is 1. The molecule has 2 rings (SSSR count). The fourth-order valence-electron chi connectivity index (χ4n) is 1.64. The Balaban J connectivity index is 2.42. The highest BCUT2D eigenvalue weighted by molar-refractivity contribution is 5.59. The fourth-order valence-corrected chi connectivity index (χ4v) is 1.64. The molecule has 2 heterocycles. The second kappa shape index (κ2) is 4.31. The maximum atomic E-state index is 8.78. The van der Waals surface area contributed by atoms with Gasteiger partial charge in [0.1, 0.15) is 17.1 Å². The predicted molar refractivity (Wildman–Crippen MR) is 57.2 cm³/mol. The summed E-state index contributed by atoms with van der Waals surface area (Å²) in [4.78, 5) is 4.31. The van der Waals surface area contributed by atoms with E-state index in [4.69, 9.17) is 9.84 Å². The van der Waals surface area contributed by atoms with Gasteiger partial charge < -0.3 is 14.2 Å². The predicted octanol–water partition coefficient (Wildman–Crippen LogP) is 1.27. The summed E-state index contributed by atoms with van der Waals surface area (Å²) in [6.07, 6.45) is 5.26. The van der Waals surface area contributed by atoms with Gasteiger partial charge in [-0.3, -0.25) is 0 Å². The third-order valence-electron chi connectivity index (χ3n) is 2.39. The number of rotatable bonds is 4. The van der Waals surface area contributed by atoms with Crippen molar-refractivity contribution in [1.82, 2.24) is 9.38 Å². The molecule has 80 valence electrons. The highest BCUT2D eigenvalue weighted by atomic mass is 16.5. The molecule has 0 radical (unpaired) electrons. The number of methoxy groups -OCH3 is 1. The van der Waals surface area contributed by atoms with E-state index in [0.29, 0.717) is 0 Å². The van der Waals surface area contributed by atoms with Gasteiger partial charge in [0.15, 0.2) is 0 Å². The maximum Gasteiger partial charge on any atom is 0.144 e. The zero-order valence-electron chi connectivity index (χ0n) is 8.68. The minimum atomic E-state index is 0.193. The molecule has 15 heavy (non-hydrogen) atoms. The molecule has 0 unspecified atom stereocenters. The van der Waals surface area contributed by atoms with E-state index in [0.717, 1.165) is 29.9 Å². The molecule has 1 N–H and O–H groups in total. The minimum Gasteiger partial charge on any atom is -0.494 e. The summed E-state index contributed by atoms with van der Waals surface area (Å²) in [5.41, 5.74) is 0.966. The van der Waals surface area contributed by atoms with Crippen molar-refractivity contribution in [1.29, 1.82) is 0 Å². The molecule has 2 aromatic rings. The van der Waals surface area contributed by atoms with Gasteiger partial charge in [-0.05, 0) is 18.6 Å². The number of imidazole rings is 1. The summed E-state index contributed by atoms with van der Waals surface area (Å²) in [5.74, 6) is 1.78. The number of aliphatic hydroxyl groups excluding tert-OH is 1. The molecule has 0 aliphatic heterocycles. The van der Waals surface area contributed by atoms with Gasteiger partial charge in [-0.15, -0.1) is 0 Å². The van der Waals surface area contributed by atoms with E-state index < -0.39 is 0 Å². The van der Waals surface area contributed by atoms with Crippen LogP contribution in [0.5, 0.6) is 5.75 Å². The molecule has 0 saturated carbocycles. The van der Waals surface area contributed by atoms with Crippen LogP contribution in [0.3, 0.4) is 0 Å². The van der Waals surface area contributed by atoms with Gasteiger partial charge in [0.2, 0.25) is 0 Å². The highest BCUT2D eigenvalue weighted by Crippen LogP contribution is 2.20. The molecule has 2 aromatic heterocycles. The summed E-state index contributed by atoms with van der Waals surface area (Å²) in [5, 5.41) is 8.78. The van der Waals surface area contributed by atoms with E-state index in [1.165, 1.54) is 0 Å². The van der Waals surface area contributed by atoms with Gasteiger partial charge in [0.05, 0.1) is 13.3 Å². The van der Waals surface area contributed by atoms with Crippen LogP contribution in [0.2, 0.25) is 0 Å². The monoisotopic (exact) mass is 206 g/mol. The Bertz CT molecular complexity index is 451. The van der Waals surface area contributed by atoms with Crippen LogP contribution < -0.4 is 4.74 Å². The van der Waals surface area contributed by atoms with Crippen LogP contribution in [0, 0.1) is 0 Å². The van der Waals surface area contributed by atoms with Crippen molar-refractivity contribution in [2.75, 3.05) is 13.7 Å². The molecule has 4 nitrogen and oxygen atoms in total. The molecule has 0 aromatic carbocycles. The van der Waals surface area contributed by atoms with E-state index >= 15 is 0 Å². The van der Waals surface area contributed by atoms with Crippen molar-refractivity contribution in [2.45, 2.75) is 12.8 Å². The number of hydrogen-bond donors (Lipinski definition) is 1. The third-order valence-corrected chi connectivity index (χ3v) is 2.39. The van der Waals surface area contributed by atoms with Crippen LogP contribution in [0.1, 0.15) is 12.2 Å². The second-order valence-corrected chi connectivity index (χ2v) is 3.33. The number of nitrogens with zero attached hydrogens (tertiary/aromatic N) is 2. The first-order valence-electron chi connectivity index (χ1n) is 4.96. The summed E-state index contributed by atoms with van der Waals surface area (Å²) >= 11 is 0. The third kappa shape index (κ3) is 1.80. The molecule has 0 aliphatic carbocycles. The van der Waals surface area contributed by atoms with Crippen LogP contribution in [0.15, 0.2) is 24.5 Å². The molecule has 0 amide bonds. The van der Waals surface area contributed by atoms with Crippen molar-refractivity contribution < 1.29 is 9.84 Å². The van der Waals surface area contributed by atoms with Crippen molar-refractivity contribution in [3.63, 3.8) is 0 Å². The number of aliphatic hydroxyl groups is 1. The first kappa shape index (κ1) is 9.98. The Morgan fingerprint density at radius 3 is 3.13 bits per heavy atom. The average Bonchev–Trinajstić information content (AvgIpc) is 2.69. The molecular weight excluding hydrogens is 192 g/mol. The van der Waals surface area contributed by atoms with Crippen LogP contribution in [-0.4, -0.2) is 28.2 Å². The Morgan fingerprint density at radius 1 is 1.53 bits per heavy atom. The SMILES string of the molecule is COc1cccn2c(CCCO)ncc12. The Morgan fingerprint density at radius 2 is 2.40 bits per heavy atom. The number of ether oxygens (including phenoxy) is 1. The number of pyridine rings is 1. The lowest BCUT2D eigenvalue weighted by Gasteiger charge is -2.03. The van der Waals surface area contributed by atoms with Gasteiger partial charge in [0.25, 0.3) is 0 Å². The lowest BCUT2D eigenvalue weighted by molar-refractivity contribution is 0.287. The lowest BCUT2D eigenvalue weighted by Crippen LogP contribution is -1.97. The molecule has 0 saturated heterocycles. The molecule has 0 aliphatic rings. The standard InChI is InChI=1S/C11H14N2O2/c1-15-10-4-2-6-13-9(10)8-12-11(13)5-3-7-14/h2,4,6,8,14H,3,5,7H2,1H3. The molecule has 0 spiro atoms. The smallest absolute Gasteiger partial charge is 0.144 e. The topological polar surface area (TPSA) is 46.8 Å². The first-order valence-corrected chi connectivity index (χ1v) is 4.96. The summed E-state index contributed by atoms with van der Waals surface area (Å²) in [7, 11) is 1.65. The van der Waals surface area contributed by atoms with Gasteiger partial charge in [-0.1, -0.05) is 0 Å². The highest BCUT2D eigenvalue weighted by Gasteiger charge is 2.06. The van der Waals surface area contributed by atoms with Gasteiger partial charge in [-0.25, -0.2) is 4.98 Å². The zero-order valence-corrected chi connectivity index (χ0v) is 8.68. The van der Waals surface area contributed by atoms with Gasteiger partial charge in [0, 0.05) is 19.2 Å². The largest absolute Gasteiger partial charge is 0.494 e. The number of fused-ring (bicyclic) bond motifs is 1. The lowest BCUT2D eigenvalue weighted by atomic mass is 10.3. The van der Waals surface area contributed by atoms with Crippen molar-refractivity contribution in [2.24, 2.45) is 0 Å². The number of hydrogen-bond acceptors (Lipinski definition) is 3. The fraction of sp³-hybridized carbons (Fsp3) is 0.364. The Kier molecular flexibility index (Phi) is 2.87. The van der Waals surface area contributed by atoms with Crippen molar-refractivity contribution in [3.8, 4) is 5.75 Å². The molecule has 0 atom stereocenters. The molecular formula is C11H14N2O2. The summed E-state index contributed by atoms with van der Waals surface area (Å²) in [6, 6.07) is 3.84. The number of aromatic nitrogens is 2. The minimum absolute atomic E-state index is 0.193. The quantitative estimate of drug-likeness (QED) is 0.819. The Labute approximate surface area is 88.1 Å². The van der Waals surface area contributed by atoms with Crippen molar-refractivity contribution in [3.05, 3.63) is 30.4 Å². The van der Waals surface area contributed by atoms with Crippen LogP contribution in [-0.2, 0) is 6.42 Å². The second-order valence-electron chi connectivity index (χ2n) is 3.33. The van der Waals surface area contributed by atoms with Crippen molar-refractivity contribution >= 4 is 5.52 Å². The van der Waals surface area contributed by atoms with Gasteiger partial charge in [-0.2, -0.15) is 0 Å². The van der Waals surface area contributed by atoms with E-state index in [9.17, 15) is 0 Å². The first-order chi connectivity index (χ1) is 7.36. The van der Waals surface area contributed by atoms with E-state index in [1.807, 2.05) is 22.7 Å². The normalized spacial score (nSPS) is 10.8. The molecule has 0 bridgehead atoms. The summed E-state index contributed by atoms with van der Waals surface area (Å²) < 4.78 is 7.23. The molecule has 0 fully saturated rings. The van der Waals surface area contributed by atoms with E-state index in [-0.39, 0.29) is 6.61 Å². The van der Waals surface area contributed by atoms with E-state index in [2.05, 4.69) is 4.98 Å². The zero-order chi connectivity index (χ0) is 10.7. The van der Waals surface area contributed by atoms with Gasteiger partial charge >= 0.3 is 0 Å². The summed E-state index contributed by atoms with van der Waals surface area (Å²) in [6.45, 7) is 0.193. The average molecular weight is 206 g/mol. The molecule has 4 heteroatoms.